The lowest BCUT2D eigenvalue weighted by molar-refractivity contribution is -0.385. The van der Waals surface area contributed by atoms with Gasteiger partial charge in [0, 0.05) is 11.6 Å². The number of amides is 1. The topological polar surface area (TPSA) is 122 Å². The fraction of sp³-hybridized carbons (Fsp3) is 0.185. The molecule has 210 valence electrons. The number of nitrogens with one attached hydrogen (secondary N) is 1. The highest BCUT2D eigenvalue weighted by Gasteiger charge is 2.33. The van der Waals surface area contributed by atoms with Gasteiger partial charge in [-0.3, -0.25) is 14.9 Å². The maximum atomic E-state index is 13.0. The Labute approximate surface area is 226 Å². The maximum absolute atomic E-state index is 13.0. The van der Waals surface area contributed by atoms with Crippen molar-refractivity contribution in [3.63, 3.8) is 0 Å². The Morgan fingerprint density at radius 1 is 1.02 bits per heavy atom. The first kappa shape index (κ1) is 29.5. The summed E-state index contributed by atoms with van der Waals surface area (Å²) in [6.45, 7) is 6.02. The molecule has 1 N–H and O–H groups in total. The van der Waals surface area contributed by atoms with E-state index in [1.54, 1.807) is 25.1 Å². The lowest BCUT2D eigenvalue weighted by Crippen LogP contribution is -2.17. The molecule has 0 aliphatic carbocycles. The summed E-state index contributed by atoms with van der Waals surface area (Å²) in [5.74, 6) is 0.0356. The Bertz CT molecular complexity index is 1420. The van der Waals surface area contributed by atoms with Gasteiger partial charge in [-0.15, -0.1) is 0 Å². The number of nitro groups is 1. The SMILES string of the molecule is C=CCOc1ccc(C(=O)N/N=C/c2ccc(Oc3ccc(C(F)(F)F)cc3[N+](=O)[O-])c(OC)c2)cc1OCC. The first-order chi connectivity index (χ1) is 19.1. The molecule has 0 saturated carbocycles. The van der Waals surface area contributed by atoms with Crippen LogP contribution in [-0.2, 0) is 6.18 Å². The molecular formula is C27H24F3N3O7. The summed E-state index contributed by atoms with van der Waals surface area (Å²) in [5.41, 5.74) is 1.07. The van der Waals surface area contributed by atoms with Crippen molar-refractivity contribution in [2.24, 2.45) is 5.10 Å². The molecule has 0 fully saturated rings. The largest absolute Gasteiger partial charge is 0.493 e. The number of carbonyl (C=O) groups excluding carboxylic acids is 1. The first-order valence-electron chi connectivity index (χ1n) is 11.6. The number of rotatable bonds is 12. The van der Waals surface area contributed by atoms with Gasteiger partial charge in [-0.05, 0) is 61.0 Å². The number of hydrazone groups is 1. The van der Waals surface area contributed by atoms with Crippen molar-refractivity contribution in [1.82, 2.24) is 5.43 Å². The molecule has 3 aromatic rings. The molecule has 0 bridgehead atoms. The van der Waals surface area contributed by atoms with Crippen LogP contribution in [0, 0.1) is 10.1 Å². The van der Waals surface area contributed by atoms with Gasteiger partial charge in [0.2, 0.25) is 5.75 Å². The molecule has 0 spiro atoms. The number of hydrogen-bond donors (Lipinski definition) is 1. The summed E-state index contributed by atoms with van der Waals surface area (Å²) in [6, 6.07) is 10.9. The van der Waals surface area contributed by atoms with E-state index in [2.05, 4.69) is 17.1 Å². The number of alkyl halides is 3. The molecule has 0 saturated heterocycles. The van der Waals surface area contributed by atoms with Crippen LogP contribution in [0.5, 0.6) is 28.7 Å². The van der Waals surface area contributed by atoms with E-state index in [1.165, 1.54) is 37.6 Å². The van der Waals surface area contributed by atoms with Gasteiger partial charge in [-0.1, -0.05) is 12.7 Å². The third kappa shape index (κ3) is 7.49. The molecule has 13 heteroatoms. The fourth-order valence-electron chi connectivity index (χ4n) is 3.31. The zero-order valence-corrected chi connectivity index (χ0v) is 21.4. The van der Waals surface area contributed by atoms with Crippen LogP contribution in [0.25, 0.3) is 0 Å². The zero-order chi connectivity index (χ0) is 29.3. The van der Waals surface area contributed by atoms with Gasteiger partial charge in [0.05, 0.1) is 30.4 Å². The van der Waals surface area contributed by atoms with Crippen LogP contribution in [0.2, 0.25) is 0 Å². The molecule has 3 rings (SSSR count). The third-order valence-electron chi connectivity index (χ3n) is 5.13. The quantitative estimate of drug-likeness (QED) is 0.122. The van der Waals surface area contributed by atoms with Gasteiger partial charge in [0.15, 0.2) is 23.0 Å². The second-order valence-electron chi connectivity index (χ2n) is 7.84. The molecule has 0 aliphatic rings. The highest BCUT2D eigenvalue weighted by atomic mass is 19.4. The van der Waals surface area contributed by atoms with Crippen molar-refractivity contribution >= 4 is 17.8 Å². The number of hydrogen-bond acceptors (Lipinski definition) is 8. The molecular weight excluding hydrogens is 535 g/mol. The Morgan fingerprint density at radius 2 is 1.75 bits per heavy atom. The van der Waals surface area contributed by atoms with E-state index in [0.29, 0.717) is 35.8 Å². The molecule has 0 atom stereocenters. The minimum absolute atomic E-state index is 0.00811. The van der Waals surface area contributed by atoms with Gasteiger partial charge in [-0.25, -0.2) is 5.43 Å². The Balaban J connectivity index is 1.75. The molecule has 1 amide bonds. The van der Waals surface area contributed by atoms with E-state index in [4.69, 9.17) is 18.9 Å². The van der Waals surface area contributed by atoms with E-state index < -0.39 is 34.0 Å². The highest BCUT2D eigenvalue weighted by Crippen LogP contribution is 2.40. The summed E-state index contributed by atoms with van der Waals surface area (Å²) in [7, 11) is 1.31. The average Bonchev–Trinajstić information content (AvgIpc) is 2.92. The number of benzene rings is 3. The van der Waals surface area contributed by atoms with Crippen LogP contribution >= 0.6 is 0 Å². The van der Waals surface area contributed by atoms with Gasteiger partial charge in [0.25, 0.3) is 5.91 Å². The van der Waals surface area contributed by atoms with Crippen molar-refractivity contribution < 1.29 is 41.8 Å². The second-order valence-corrected chi connectivity index (χ2v) is 7.84. The normalized spacial score (nSPS) is 11.1. The fourth-order valence-corrected chi connectivity index (χ4v) is 3.31. The van der Waals surface area contributed by atoms with Crippen molar-refractivity contribution in [2.45, 2.75) is 13.1 Å². The summed E-state index contributed by atoms with van der Waals surface area (Å²) in [5, 5.41) is 15.3. The van der Waals surface area contributed by atoms with Crippen LogP contribution in [0.3, 0.4) is 0 Å². The number of nitrogens with zero attached hydrogens (tertiary/aromatic N) is 2. The van der Waals surface area contributed by atoms with Crippen LogP contribution in [-0.4, -0.2) is 37.4 Å². The smallest absolute Gasteiger partial charge is 0.416 e. The van der Waals surface area contributed by atoms with Crippen LogP contribution in [0.1, 0.15) is 28.4 Å². The number of methoxy groups -OCH3 is 1. The van der Waals surface area contributed by atoms with Crippen LogP contribution < -0.4 is 24.4 Å². The summed E-state index contributed by atoms with van der Waals surface area (Å²) < 4.78 is 60.7. The van der Waals surface area contributed by atoms with E-state index in [9.17, 15) is 28.1 Å². The molecule has 3 aromatic carbocycles. The second kappa shape index (κ2) is 13.1. The van der Waals surface area contributed by atoms with Crippen molar-refractivity contribution in [2.75, 3.05) is 20.3 Å². The minimum atomic E-state index is -4.76. The van der Waals surface area contributed by atoms with E-state index in [-0.39, 0.29) is 23.7 Å². The molecule has 10 nitrogen and oxygen atoms in total. The molecule has 0 aliphatic heterocycles. The minimum Gasteiger partial charge on any atom is -0.493 e. The van der Waals surface area contributed by atoms with E-state index >= 15 is 0 Å². The van der Waals surface area contributed by atoms with Gasteiger partial charge in [-0.2, -0.15) is 18.3 Å². The predicted molar refractivity (Wildman–Crippen MR) is 140 cm³/mol. The third-order valence-corrected chi connectivity index (χ3v) is 5.13. The lowest BCUT2D eigenvalue weighted by atomic mass is 10.1. The summed E-state index contributed by atoms with van der Waals surface area (Å²) in [6.07, 6.45) is -1.86. The van der Waals surface area contributed by atoms with E-state index in [0.717, 1.165) is 6.07 Å². The Kier molecular flexibility index (Phi) is 9.68. The van der Waals surface area contributed by atoms with Crippen molar-refractivity contribution in [3.05, 3.63) is 94.1 Å². The number of carbonyl (C=O) groups is 1. The molecule has 0 aromatic heterocycles. The zero-order valence-electron chi connectivity index (χ0n) is 21.4. The molecule has 0 heterocycles. The standard InChI is InChI=1S/C27H24F3N3O7/c1-4-12-39-22-10-7-18(14-25(22)38-5-2)26(34)32-31-16-17-6-9-23(24(13-17)37-3)40-21-11-8-19(27(28,29)30)15-20(21)33(35)36/h4,6-11,13-16H,1,5,12H2,2-3H3,(H,32,34)/b31-16+. The van der Waals surface area contributed by atoms with Gasteiger partial charge in [0.1, 0.15) is 6.61 Å². The van der Waals surface area contributed by atoms with Crippen molar-refractivity contribution in [1.29, 1.82) is 0 Å². The van der Waals surface area contributed by atoms with E-state index in [1.807, 2.05) is 0 Å². The highest BCUT2D eigenvalue weighted by molar-refractivity contribution is 5.95. The Morgan fingerprint density at radius 3 is 2.40 bits per heavy atom. The number of nitro benzene ring substituents is 1. The summed E-state index contributed by atoms with van der Waals surface area (Å²) in [4.78, 5) is 22.9. The average molecular weight is 559 g/mol. The number of halogens is 3. The monoisotopic (exact) mass is 559 g/mol. The maximum Gasteiger partial charge on any atom is 0.416 e. The summed E-state index contributed by atoms with van der Waals surface area (Å²) >= 11 is 0. The van der Waals surface area contributed by atoms with Gasteiger partial charge < -0.3 is 18.9 Å². The Hall–Kier alpha value is -5.07. The predicted octanol–water partition coefficient (Wildman–Crippen LogP) is 6.14. The lowest BCUT2D eigenvalue weighted by Gasteiger charge is -2.13. The van der Waals surface area contributed by atoms with Crippen LogP contribution in [0.4, 0.5) is 18.9 Å². The molecule has 0 unspecified atom stereocenters. The molecule has 40 heavy (non-hydrogen) atoms. The van der Waals surface area contributed by atoms with Crippen molar-refractivity contribution in [3.8, 4) is 28.7 Å². The number of ether oxygens (including phenoxy) is 4. The molecule has 0 radical (unpaired) electrons. The van der Waals surface area contributed by atoms with Crippen LogP contribution in [0.15, 0.2) is 72.4 Å². The van der Waals surface area contributed by atoms with Gasteiger partial charge >= 0.3 is 11.9 Å². The first-order valence-corrected chi connectivity index (χ1v) is 11.6.